The van der Waals surface area contributed by atoms with E-state index in [0.29, 0.717) is 12.3 Å². The average Bonchev–Trinajstić information content (AvgIpc) is 2.66. The van der Waals surface area contributed by atoms with Crippen molar-refractivity contribution in [2.45, 2.75) is 13.0 Å². The summed E-state index contributed by atoms with van der Waals surface area (Å²) >= 11 is 0. The number of likely N-dealkylation sites (N-methyl/N-ethyl adjacent to an activating group) is 1. The molecule has 1 atom stereocenters. The van der Waals surface area contributed by atoms with Gasteiger partial charge in [-0.05, 0) is 26.1 Å². The van der Waals surface area contributed by atoms with Crippen LogP contribution in [0.4, 0.5) is 0 Å². The highest BCUT2D eigenvalue weighted by Crippen LogP contribution is 1.98. The van der Waals surface area contributed by atoms with Gasteiger partial charge in [0.25, 0.3) is 5.91 Å². The molecule has 0 aromatic carbocycles. The van der Waals surface area contributed by atoms with E-state index in [4.69, 9.17) is 4.42 Å². The lowest BCUT2D eigenvalue weighted by atomic mass is 10.3. The number of hydrogen-bond acceptors (Lipinski definition) is 3. The highest BCUT2D eigenvalue weighted by Gasteiger charge is 2.08. The lowest BCUT2D eigenvalue weighted by Crippen LogP contribution is -2.36. The fraction of sp³-hybridized carbons (Fsp3) is 0.444. The Labute approximate surface area is 77.3 Å². The second-order valence-electron chi connectivity index (χ2n) is 2.88. The van der Waals surface area contributed by atoms with E-state index in [2.05, 4.69) is 10.6 Å². The number of amides is 1. The molecule has 0 bridgehead atoms. The molecule has 1 rings (SSSR count). The molecule has 4 heteroatoms. The smallest absolute Gasteiger partial charge is 0.287 e. The minimum atomic E-state index is -0.174. The van der Waals surface area contributed by atoms with Crippen molar-refractivity contribution in [1.82, 2.24) is 10.6 Å². The van der Waals surface area contributed by atoms with Gasteiger partial charge in [-0.1, -0.05) is 0 Å². The predicted molar refractivity (Wildman–Crippen MR) is 49.6 cm³/mol. The maximum Gasteiger partial charge on any atom is 0.287 e. The minimum Gasteiger partial charge on any atom is -0.459 e. The molecule has 1 aromatic rings. The van der Waals surface area contributed by atoms with Crippen molar-refractivity contribution in [3.8, 4) is 0 Å². The topological polar surface area (TPSA) is 54.3 Å². The van der Waals surface area contributed by atoms with E-state index in [9.17, 15) is 4.79 Å². The Bertz CT molecular complexity index is 257. The molecular weight excluding hydrogens is 168 g/mol. The summed E-state index contributed by atoms with van der Waals surface area (Å²) in [5.74, 6) is 0.176. The molecule has 0 spiro atoms. The van der Waals surface area contributed by atoms with Crippen molar-refractivity contribution in [2.24, 2.45) is 0 Å². The SMILES string of the molecule is CNC(C)CNC(=O)c1ccco1. The summed E-state index contributed by atoms with van der Waals surface area (Å²) < 4.78 is 4.93. The van der Waals surface area contributed by atoms with Crippen LogP contribution in [0.2, 0.25) is 0 Å². The van der Waals surface area contributed by atoms with Gasteiger partial charge in [-0.15, -0.1) is 0 Å². The third-order valence-electron chi connectivity index (χ3n) is 1.81. The van der Waals surface area contributed by atoms with Crippen LogP contribution in [0.3, 0.4) is 0 Å². The normalized spacial score (nSPS) is 12.5. The third-order valence-corrected chi connectivity index (χ3v) is 1.81. The summed E-state index contributed by atoms with van der Waals surface area (Å²) in [6, 6.07) is 3.59. The number of carbonyl (C=O) groups excluding carboxylic acids is 1. The van der Waals surface area contributed by atoms with Crippen LogP contribution in [0.25, 0.3) is 0 Å². The van der Waals surface area contributed by atoms with Gasteiger partial charge in [0.2, 0.25) is 0 Å². The highest BCUT2D eigenvalue weighted by atomic mass is 16.3. The third kappa shape index (κ3) is 2.91. The Kier molecular flexibility index (Phi) is 3.52. The second kappa shape index (κ2) is 4.67. The molecular formula is C9H14N2O2. The van der Waals surface area contributed by atoms with Crippen molar-refractivity contribution >= 4 is 5.91 Å². The molecule has 72 valence electrons. The summed E-state index contributed by atoms with van der Waals surface area (Å²) in [6.45, 7) is 2.58. The van der Waals surface area contributed by atoms with Crippen LogP contribution in [-0.2, 0) is 0 Å². The highest BCUT2D eigenvalue weighted by molar-refractivity contribution is 5.91. The van der Waals surface area contributed by atoms with Crippen LogP contribution < -0.4 is 10.6 Å². The molecule has 0 aliphatic heterocycles. The first-order valence-electron chi connectivity index (χ1n) is 4.23. The summed E-state index contributed by atoms with van der Waals surface area (Å²) in [7, 11) is 1.85. The van der Waals surface area contributed by atoms with Crippen molar-refractivity contribution in [3.63, 3.8) is 0 Å². The summed E-state index contributed by atoms with van der Waals surface area (Å²) in [4.78, 5) is 11.3. The van der Waals surface area contributed by atoms with Crippen LogP contribution in [-0.4, -0.2) is 25.5 Å². The zero-order valence-corrected chi connectivity index (χ0v) is 7.83. The van der Waals surface area contributed by atoms with Gasteiger partial charge < -0.3 is 15.1 Å². The van der Waals surface area contributed by atoms with Crippen molar-refractivity contribution < 1.29 is 9.21 Å². The molecule has 0 fully saturated rings. The number of hydrogen-bond donors (Lipinski definition) is 2. The molecule has 1 aromatic heterocycles. The first-order chi connectivity index (χ1) is 6.24. The quantitative estimate of drug-likeness (QED) is 0.717. The van der Waals surface area contributed by atoms with E-state index in [0.717, 1.165) is 0 Å². The van der Waals surface area contributed by atoms with Crippen LogP contribution >= 0.6 is 0 Å². The van der Waals surface area contributed by atoms with Gasteiger partial charge in [0, 0.05) is 12.6 Å². The lowest BCUT2D eigenvalue weighted by molar-refractivity contribution is 0.0923. The Hall–Kier alpha value is -1.29. The Morgan fingerprint density at radius 2 is 2.46 bits per heavy atom. The second-order valence-corrected chi connectivity index (χ2v) is 2.88. The first kappa shape index (κ1) is 9.80. The number of nitrogens with one attached hydrogen (secondary N) is 2. The Morgan fingerprint density at radius 3 is 3.00 bits per heavy atom. The van der Waals surface area contributed by atoms with E-state index in [1.54, 1.807) is 12.1 Å². The molecule has 4 nitrogen and oxygen atoms in total. The number of furan rings is 1. The average molecular weight is 182 g/mol. The molecule has 0 radical (unpaired) electrons. The fourth-order valence-corrected chi connectivity index (χ4v) is 0.843. The van der Waals surface area contributed by atoms with Gasteiger partial charge in [-0.2, -0.15) is 0 Å². The molecule has 0 aliphatic rings. The summed E-state index contributed by atoms with van der Waals surface area (Å²) in [5, 5.41) is 5.76. The van der Waals surface area contributed by atoms with Crippen molar-refractivity contribution in [2.75, 3.05) is 13.6 Å². The Morgan fingerprint density at radius 1 is 1.69 bits per heavy atom. The van der Waals surface area contributed by atoms with E-state index in [1.807, 2.05) is 14.0 Å². The zero-order chi connectivity index (χ0) is 9.68. The monoisotopic (exact) mass is 182 g/mol. The summed E-state index contributed by atoms with van der Waals surface area (Å²) in [5.41, 5.74) is 0. The van der Waals surface area contributed by atoms with Gasteiger partial charge in [0.05, 0.1) is 6.26 Å². The zero-order valence-electron chi connectivity index (χ0n) is 7.83. The van der Waals surface area contributed by atoms with E-state index < -0.39 is 0 Å². The molecule has 1 amide bonds. The number of carbonyl (C=O) groups is 1. The minimum absolute atomic E-state index is 0.174. The first-order valence-corrected chi connectivity index (χ1v) is 4.23. The molecule has 0 saturated heterocycles. The number of rotatable bonds is 4. The van der Waals surface area contributed by atoms with Gasteiger partial charge in [0.1, 0.15) is 0 Å². The van der Waals surface area contributed by atoms with E-state index in [1.165, 1.54) is 6.26 Å². The molecule has 13 heavy (non-hydrogen) atoms. The van der Waals surface area contributed by atoms with E-state index >= 15 is 0 Å². The van der Waals surface area contributed by atoms with Crippen molar-refractivity contribution in [1.29, 1.82) is 0 Å². The molecule has 0 aliphatic carbocycles. The summed E-state index contributed by atoms with van der Waals surface area (Å²) in [6.07, 6.45) is 1.48. The van der Waals surface area contributed by atoms with Gasteiger partial charge in [0.15, 0.2) is 5.76 Å². The standard InChI is InChI=1S/C9H14N2O2/c1-7(10-2)6-11-9(12)8-4-3-5-13-8/h3-5,7,10H,6H2,1-2H3,(H,11,12). The maximum absolute atomic E-state index is 11.3. The lowest BCUT2D eigenvalue weighted by Gasteiger charge is -2.09. The Balaban J connectivity index is 2.35. The van der Waals surface area contributed by atoms with Crippen LogP contribution in [0.1, 0.15) is 17.5 Å². The van der Waals surface area contributed by atoms with Crippen LogP contribution in [0.5, 0.6) is 0 Å². The van der Waals surface area contributed by atoms with Gasteiger partial charge >= 0.3 is 0 Å². The van der Waals surface area contributed by atoms with Crippen molar-refractivity contribution in [3.05, 3.63) is 24.2 Å². The maximum atomic E-state index is 11.3. The van der Waals surface area contributed by atoms with Gasteiger partial charge in [-0.3, -0.25) is 4.79 Å². The molecule has 1 heterocycles. The predicted octanol–water partition coefficient (Wildman–Crippen LogP) is 0.617. The molecule has 2 N–H and O–H groups in total. The van der Waals surface area contributed by atoms with Crippen LogP contribution in [0, 0.1) is 0 Å². The molecule has 0 saturated carbocycles. The van der Waals surface area contributed by atoms with E-state index in [-0.39, 0.29) is 11.9 Å². The molecule has 1 unspecified atom stereocenters. The fourth-order valence-electron chi connectivity index (χ4n) is 0.843. The van der Waals surface area contributed by atoms with Gasteiger partial charge in [-0.25, -0.2) is 0 Å². The largest absolute Gasteiger partial charge is 0.459 e. The van der Waals surface area contributed by atoms with Crippen LogP contribution in [0.15, 0.2) is 22.8 Å².